The lowest BCUT2D eigenvalue weighted by Crippen LogP contribution is -2.47. The highest BCUT2D eigenvalue weighted by atomic mass is 32.2. The van der Waals surface area contributed by atoms with Gasteiger partial charge in [0.1, 0.15) is 0 Å². The maximum absolute atomic E-state index is 11.7. The molecule has 1 fully saturated rings. The second kappa shape index (κ2) is 3.79. The van der Waals surface area contributed by atoms with Gasteiger partial charge in [0.2, 0.25) is 0 Å². The quantitative estimate of drug-likeness (QED) is 0.671. The highest BCUT2D eigenvalue weighted by Crippen LogP contribution is 2.20. The van der Waals surface area contributed by atoms with E-state index in [0.29, 0.717) is 5.78 Å². The van der Waals surface area contributed by atoms with E-state index in [1.165, 1.54) is 0 Å². The zero-order chi connectivity index (χ0) is 9.19. The van der Waals surface area contributed by atoms with E-state index in [9.17, 15) is 4.79 Å². The number of hydrogen-bond donors (Lipinski definition) is 1. The predicted molar refractivity (Wildman–Crippen MR) is 53.6 cm³/mol. The van der Waals surface area contributed by atoms with Crippen molar-refractivity contribution in [3.05, 3.63) is 0 Å². The van der Waals surface area contributed by atoms with Gasteiger partial charge in [-0.05, 0) is 0 Å². The summed E-state index contributed by atoms with van der Waals surface area (Å²) in [6, 6.07) is 0.0868. The minimum absolute atomic E-state index is 0.0868. The topological polar surface area (TPSA) is 29.1 Å². The van der Waals surface area contributed by atoms with Crippen LogP contribution in [0.4, 0.5) is 0 Å². The Morgan fingerprint density at radius 3 is 2.58 bits per heavy atom. The van der Waals surface area contributed by atoms with Gasteiger partial charge in [0.25, 0.3) is 0 Å². The van der Waals surface area contributed by atoms with Crippen LogP contribution in [0.1, 0.15) is 20.8 Å². The number of carbonyl (C=O) groups excluding carboxylic acids is 1. The van der Waals surface area contributed by atoms with Crippen LogP contribution in [0.3, 0.4) is 0 Å². The molecule has 70 valence electrons. The molecule has 1 saturated heterocycles. The van der Waals surface area contributed by atoms with Crippen molar-refractivity contribution in [1.29, 1.82) is 0 Å². The fraction of sp³-hybridized carbons (Fsp3) is 0.889. The number of thioether (sulfide) groups is 1. The molecular formula is C9H17NOS. The molecule has 1 unspecified atom stereocenters. The number of ketones is 1. The molecule has 0 amide bonds. The number of Topliss-reactive ketones (excluding diaryl/α,β-unsaturated/α-hetero) is 1. The smallest absolute Gasteiger partial charge is 0.155 e. The van der Waals surface area contributed by atoms with Crippen LogP contribution >= 0.6 is 11.8 Å². The first-order valence-corrected chi connectivity index (χ1v) is 5.53. The molecular weight excluding hydrogens is 170 g/mol. The lowest BCUT2D eigenvalue weighted by molar-refractivity contribution is -0.127. The zero-order valence-electron chi connectivity index (χ0n) is 8.02. The molecule has 12 heavy (non-hydrogen) atoms. The molecule has 1 atom stereocenters. The van der Waals surface area contributed by atoms with Crippen LogP contribution in [-0.2, 0) is 4.79 Å². The van der Waals surface area contributed by atoms with E-state index in [-0.39, 0.29) is 11.5 Å². The fourth-order valence-electron chi connectivity index (χ4n) is 1.26. The third kappa shape index (κ3) is 2.49. The van der Waals surface area contributed by atoms with Gasteiger partial charge in [0.05, 0.1) is 6.04 Å². The SMILES string of the molecule is CC(C)(C)C(=O)C1CSCCN1. The van der Waals surface area contributed by atoms with Gasteiger partial charge in [-0.2, -0.15) is 11.8 Å². The Hall–Kier alpha value is -0.0200. The number of rotatable bonds is 1. The van der Waals surface area contributed by atoms with E-state index in [4.69, 9.17) is 0 Å². The Kier molecular flexibility index (Phi) is 3.18. The van der Waals surface area contributed by atoms with Gasteiger partial charge in [0, 0.05) is 23.5 Å². The monoisotopic (exact) mass is 187 g/mol. The van der Waals surface area contributed by atoms with Crippen LogP contribution in [0.15, 0.2) is 0 Å². The highest BCUT2D eigenvalue weighted by Gasteiger charge is 2.30. The Bertz CT molecular complexity index is 168. The summed E-state index contributed by atoms with van der Waals surface area (Å²) in [7, 11) is 0. The molecule has 0 aromatic rings. The summed E-state index contributed by atoms with van der Waals surface area (Å²) in [5.41, 5.74) is -0.199. The number of nitrogens with one attached hydrogen (secondary N) is 1. The minimum atomic E-state index is -0.199. The van der Waals surface area contributed by atoms with E-state index in [0.717, 1.165) is 18.1 Å². The predicted octanol–water partition coefficient (Wildman–Crippen LogP) is 1.31. The average Bonchev–Trinajstić information content (AvgIpc) is 2.03. The van der Waals surface area contributed by atoms with Crippen LogP contribution in [0.2, 0.25) is 0 Å². The summed E-state index contributed by atoms with van der Waals surface area (Å²) in [5.74, 6) is 2.42. The van der Waals surface area contributed by atoms with Gasteiger partial charge in [-0.3, -0.25) is 4.79 Å². The Morgan fingerprint density at radius 2 is 2.17 bits per heavy atom. The first-order chi connectivity index (χ1) is 5.52. The first-order valence-electron chi connectivity index (χ1n) is 4.37. The molecule has 0 aromatic heterocycles. The van der Waals surface area contributed by atoms with Crippen molar-refractivity contribution in [3.8, 4) is 0 Å². The third-order valence-electron chi connectivity index (χ3n) is 1.98. The Morgan fingerprint density at radius 1 is 1.50 bits per heavy atom. The van der Waals surface area contributed by atoms with E-state index in [2.05, 4.69) is 5.32 Å². The second-order valence-corrected chi connectivity index (χ2v) is 5.35. The van der Waals surface area contributed by atoms with Crippen LogP contribution < -0.4 is 5.32 Å². The van der Waals surface area contributed by atoms with Crippen molar-refractivity contribution in [2.75, 3.05) is 18.1 Å². The van der Waals surface area contributed by atoms with Gasteiger partial charge in [-0.25, -0.2) is 0 Å². The molecule has 0 aromatic carbocycles. The summed E-state index contributed by atoms with van der Waals surface area (Å²) in [6.07, 6.45) is 0. The molecule has 1 heterocycles. The van der Waals surface area contributed by atoms with E-state index in [1.807, 2.05) is 32.5 Å². The van der Waals surface area contributed by atoms with Gasteiger partial charge < -0.3 is 5.32 Å². The largest absolute Gasteiger partial charge is 0.306 e. The zero-order valence-corrected chi connectivity index (χ0v) is 8.83. The van der Waals surface area contributed by atoms with Crippen molar-refractivity contribution in [1.82, 2.24) is 5.32 Å². The molecule has 3 heteroatoms. The molecule has 2 nitrogen and oxygen atoms in total. The summed E-state index contributed by atoms with van der Waals surface area (Å²) >= 11 is 1.86. The van der Waals surface area contributed by atoms with Gasteiger partial charge >= 0.3 is 0 Å². The summed E-state index contributed by atoms with van der Waals surface area (Å²) in [5, 5.41) is 3.26. The van der Waals surface area contributed by atoms with E-state index in [1.54, 1.807) is 0 Å². The van der Waals surface area contributed by atoms with Crippen LogP contribution in [0, 0.1) is 5.41 Å². The molecule has 0 bridgehead atoms. The first kappa shape index (κ1) is 10.1. The Labute approximate surface area is 78.5 Å². The standard InChI is InChI=1S/C9H17NOS/c1-9(2,3)8(11)7-6-12-5-4-10-7/h7,10H,4-6H2,1-3H3. The maximum atomic E-state index is 11.7. The van der Waals surface area contributed by atoms with Crippen molar-refractivity contribution in [2.24, 2.45) is 5.41 Å². The molecule has 1 N–H and O–H groups in total. The van der Waals surface area contributed by atoms with Gasteiger partial charge in [-0.15, -0.1) is 0 Å². The highest BCUT2D eigenvalue weighted by molar-refractivity contribution is 7.99. The maximum Gasteiger partial charge on any atom is 0.155 e. The Balaban J connectivity index is 2.51. The summed E-state index contributed by atoms with van der Waals surface area (Å²) in [4.78, 5) is 11.7. The van der Waals surface area contributed by atoms with Crippen LogP contribution in [-0.4, -0.2) is 29.9 Å². The average molecular weight is 187 g/mol. The third-order valence-corrected chi connectivity index (χ3v) is 3.04. The van der Waals surface area contributed by atoms with Crippen LogP contribution in [0.5, 0.6) is 0 Å². The van der Waals surface area contributed by atoms with Crippen LogP contribution in [0.25, 0.3) is 0 Å². The van der Waals surface area contributed by atoms with Crippen molar-refractivity contribution in [2.45, 2.75) is 26.8 Å². The van der Waals surface area contributed by atoms with E-state index >= 15 is 0 Å². The van der Waals surface area contributed by atoms with Gasteiger partial charge in [-0.1, -0.05) is 20.8 Å². The number of carbonyl (C=O) groups is 1. The second-order valence-electron chi connectivity index (χ2n) is 4.20. The molecule has 0 spiro atoms. The molecule has 1 rings (SSSR count). The molecule has 1 aliphatic heterocycles. The summed E-state index contributed by atoms with van der Waals surface area (Å²) in [6.45, 7) is 6.92. The van der Waals surface area contributed by atoms with Gasteiger partial charge in [0.15, 0.2) is 5.78 Å². The minimum Gasteiger partial charge on any atom is -0.306 e. The lowest BCUT2D eigenvalue weighted by atomic mass is 9.87. The van der Waals surface area contributed by atoms with E-state index < -0.39 is 0 Å². The van der Waals surface area contributed by atoms with Crippen molar-refractivity contribution < 1.29 is 4.79 Å². The fourth-order valence-corrected chi connectivity index (χ4v) is 2.19. The molecule has 0 radical (unpaired) electrons. The molecule has 0 aliphatic carbocycles. The normalized spacial score (nSPS) is 25.4. The lowest BCUT2D eigenvalue weighted by Gasteiger charge is -2.28. The van der Waals surface area contributed by atoms with Crippen molar-refractivity contribution in [3.63, 3.8) is 0 Å². The summed E-state index contributed by atoms with van der Waals surface area (Å²) < 4.78 is 0. The number of hydrogen-bond acceptors (Lipinski definition) is 3. The molecule has 0 saturated carbocycles. The molecule has 1 aliphatic rings. The van der Waals surface area contributed by atoms with Crippen molar-refractivity contribution >= 4 is 17.5 Å².